The van der Waals surface area contributed by atoms with Crippen molar-refractivity contribution in [1.29, 1.82) is 0 Å². The maximum Gasteiger partial charge on any atom is 0.234 e. The summed E-state index contributed by atoms with van der Waals surface area (Å²) < 4.78 is 13.0. The van der Waals surface area contributed by atoms with Crippen LogP contribution < -0.4 is 5.32 Å². The number of rotatable bonds is 5. The molecule has 0 atom stereocenters. The standard InChI is InChI=1S/C17H18FNOS/c1-12-6-7-16(13(2)8-12)19-17(20)11-21-10-14-4-3-5-15(18)9-14/h3-9H,10-11H2,1-2H3,(H,19,20). The number of anilines is 1. The zero-order valence-corrected chi connectivity index (χ0v) is 13.0. The van der Waals surface area contributed by atoms with Gasteiger partial charge in [-0.1, -0.05) is 29.8 Å². The van der Waals surface area contributed by atoms with E-state index in [9.17, 15) is 9.18 Å². The molecule has 0 radical (unpaired) electrons. The van der Waals surface area contributed by atoms with Crippen LogP contribution in [0.4, 0.5) is 10.1 Å². The largest absolute Gasteiger partial charge is 0.325 e. The average molecular weight is 303 g/mol. The van der Waals surface area contributed by atoms with Crippen LogP contribution in [0.15, 0.2) is 42.5 Å². The molecule has 110 valence electrons. The summed E-state index contributed by atoms with van der Waals surface area (Å²) in [6, 6.07) is 12.4. The molecule has 0 saturated carbocycles. The molecular weight excluding hydrogens is 285 g/mol. The molecule has 0 unspecified atom stereocenters. The monoisotopic (exact) mass is 303 g/mol. The number of thioether (sulfide) groups is 1. The minimum Gasteiger partial charge on any atom is -0.325 e. The molecule has 0 spiro atoms. The van der Waals surface area contributed by atoms with Crippen molar-refractivity contribution < 1.29 is 9.18 Å². The topological polar surface area (TPSA) is 29.1 Å². The minimum absolute atomic E-state index is 0.0386. The first-order valence-corrected chi connectivity index (χ1v) is 7.89. The van der Waals surface area contributed by atoms with Gasteiger partial charge in [0.2, 0.25) is 5.91 Å². The lowest BCUT2D eigenvalue weighted by Gasteiger charge is -2.09. The molecule has 4 heteroatoms. The van der Waals surface area contributed by atoms with E-state index in [0.29, 0.717) is 11.5 Å². The molecule has 0 bridgehead atoms. The van der Waals surface area contributed by atoms with Gasteiger partial charge in [0.15, 0.2) is 0 Å². The maximum absolute atomic E-state index is 13.0. The molecule has 0 aliphatic carbocycles. The van der Waals surface area contributed by atoms with Crippen LogP contribution in [0.1, 0.15) is 16.7 Å². The summed E-state index contributed by atoms with van der Waals surface area (Å²) in [6.45, 7) is 4.00. The van der Waals surface area contributed by atoms with Crippen molar-refractivity contribution in [3.8, 4) is 0 Å². The maximum atomic E-state index is 13.0. The van der Waals surface area contributed by atoms with Crippen LogP contribution in [0.2, 0.25) is 0 Å². The number of hydrogen-bond acceptors (Lipinski definition) is 2. The molecular formula is C17H18FNOS. The highest BCUT2D eigenvalue weighted by molar-refractivity contribution is 7.99. The molecule has 21 heavy (non-hydrogen) atoms. The lowest BCUT2D eigenvalue weighted by Crippen LogP contribution is -2.15. The molecule has 2 nitrogen and oxygen atoms in total. The van der Waals surface area contributed by atoms with E-state index < -0.39 is 0 Å². The van der Waals surface area contributed by atoms with Gasteiger partial charge in [-0.3, -0.25) is 4.79 Å². The van der Waals surface area contributed by atoms with E-state index in [1.54, 1.807) is 6.07 Å². The first kappa shape index (κ1) is 15.6. The van der Waals surface area contributed by atoms with E-state index in [1.807, 2.05) is 38.1 Å². The van der Waals surface area contributed by atoms with Gasteiger partial charge in [-0.25, -0.2) is 4.39 Å². The third-order valence-electron chi connectivity index (χ3n) is 3.05. The predicted octanol–water partition coefficient (Wildman–Crippen LogP) is 4.31. The number of amides is 1. The summed E-state index contributed by atoms with van der Waals surface area (Å²) in [5.74, 6) is 0.693. The van der Waals surface area contributed by atoms with Gasteiger partial charge in [-0.05, 0) is 43.2 Å². The highest BCUT2D eigenvalue weighted by Gasteiger charge is 2.05. The minimum atomic E-state index is -0.243. The third kappa shape index (κ3) is 4.90. The molecule has 2 aromatic carbocycles. The second-order valence-corrected chi connectivity index (χ2v) is 5.97. The molecule has 0 heterocycles. The second-order valence-electron chi connectivity index (χ2n) is 4.99. The quantitative estimate of drug-likeness (QED) is 0.891. The van der Waals surface area contributed by atoms with E-state index >= 15 is 0 Å². The number of carbonyl (C=O) groups is 1. The van der Waals surface area contributed by atoms with E-state index in [-0.39, 0.29) is 11.7 Å². The van der Waals surface area contributed by atoms with Gasteiger partial charge in [0, 0.05) is 11.4 Å². The lowest BCUT2D eigenvalue weighted by atomic mass is 10.1. The highest BCUT2D eigenvalue weighted by atomic mass is 32.2. The fraction of sp³-hybridized carbons (Fsp3) is 0.235. The van der Waals surface area contributed by atoms with Crippen molar-refractivity contribution in [3.63, 3.8) is 0 Å². The molecule has 1 N–H and O–H groups in total. The van der Waals surface area contributed by atoms with Gasteiger partial charge in [0.1, 0.15) is 5.82 Å². The van der Waals surface area contributed by atoms with Crippen molar-refractivity contribution in [2.45, 2.75) is 19.6 Å². The van der Waals surface area contributed by atoms with Crippen molar-refractivity contribution in [1.82, 2.24) is 0 Å². The zero-order chi connectivity index (χ0) is 15.2. The lowest BCUT2D eigenvalue weighted by molar-refractivity contribution is -0.113. The van der Waals surface area contributed by atoms with Crippen LogP contribution >= 0.6 is 11.8 Å². The Morgan fingerprint density at radius 2 is 2.00 bits per heavy atom. The Labute approximate surface area is 128 Å². The third-order valence-corrected chi connectivity index (χ3v) is 4.05. The van der Waals surface area contributed by atoms with Crippen LogP contribution in [0.3, 0.4) is 0 Å². The summed E-state index contributed by atoms with van der Waals surface area (Å²) >= 11 is 1.47. The number of aryl methyl sites for hydroxylation is 2. The number of halogens is 1. The fourth-order valence-electron chi connectivity index (χ4n) is 2.03. The van der Waals surface area contributed by atoms with E-state index in [2.05, 4.69) is 5.32 Å². The van der Waals surface area contributed by atoms with Gasteiger partial charge in [-0.15, -0.1) is 11.8 Å². The SMILES string of the molecule is Cc1ccc(NC(=O)CSCc2cccc(F)c2)c(C)c1. The Morgan fingerprint density at radius 1 is 1.19 bits per heavy atom. The predicted molar refractivity (Wildman–Crippen MR) is 87.1 cm³/mol. The Kier molecular flexibility index (Phi) is 5.39. The fourth-order valence-corrected chi connectivity index (χ4v) is 2.80. The summed E-state index contributed by atoms with van der Waals surface area (Å²) in [7, 11) is 0. The van der Waals surface area contributed by atoms with Crippen molar-refractivity contribution in [3.05, 3.63) is 65.0 Å². The number of benzene rings is 2. The summed E-state index contributed by atoms with van der Waals surface area (Å²) in [5, 5.41) is 2.90. The number of hydrogen-bond donors (Lipinski definition) is 1. The highest BCUT2D eigenvalue weighted by Crippen LogP contribution is 2.17. The number of carbonyl (C=O) groups excluding carboxylic acids is 1. The van der Waals surface area contributed by atoms with E-state index in [1.165, 1.54) is 29.5 Å². The molecule has 0 aliphatic rings. The first-order valence-electron chi connectivity index (χ1n) is 6.74. The van der Waals surface area contributed by atoms with E-state index in [4.69, 9.17) is 0 Å². The molecule has 0 aliphatic heterocycles. The van der Waals surface area contributed by atoms with Crippen LogP contribution in [0.25, 0.3) is 0 Å². The van der Waals surface area contributed by atoms with Crippen LogP contribution in [-0.4, -0.2) is 11.7 Å². The molecule has 2 aromatic rings. The van der Waals surface area contributed by atoms with Crippen molar-refractivity contribution in [2.24, 2.45) is 0 Å². The van der Waals surface area contributed by atoms with Gasteiger partial charge in [0.05, 0.1) is 5.75 Å². The summed E-state index contributed by atoms with van der Waals surface area (Å²) in [6.07, 6.45) is 0. The summed E-state index contributed by atoms with van der Waals surface area (Å²) in [4.78, 5) is 11.9. The Bertz CT molecular complexity index is 642. The zero-order valence-electron chi connectivity index (χ0n) is 12.2. The molecule has 0 aromatic heterocycles. The molecule has 2 rings (SSSR count). The smallest absolute Gasteiger partial charge is 0.234 e. The molecule has 0 fully saturated rings. The Balaban J connectivity index is 1.82. The molecule has 1 amide bonds. The second kappa shape index (κ2) is 7.27. The summed E-state index contributed by atoms with van der Waals surface area (Å²) in [5.41, 5.74) is 3.96. The normalized spacial score (nSPS) is 10.4. The van der Waals surface area contributed by atoms with Crippen LogP contribution in [-0.2, 0) is 10.5 Å². The first-order chi connectivity index (χ1) is 10.0. The van der Waals surface area contributed by atoms with E-state index in [0.717, 1.165) is 16.8 Å². The van der Waals surface area contributed by atoms with Gasteiger partial charge >= 0.3 is 0 Å². The molecule has 0 saturated heterocycles. The Morgan fingerprint density at radius 3 is 2.71 bits per heavy atom. The van der Waals surface area contributed by atoms with Gasteiger partial charge in [0.25, 0.3) is 0 Å². The Hall–Kier alpha value is -1.81. The average Bonchev–Trinajstić information content (AvgIpc) is 2.42. The van der Waals surface area contributed by atoms with Gasteiger partial charge < -0.3 is 5.32 Å². The van der Waals surface area contributed by atoms with Crippen LogP contribution in [0.5, 0.6) is 0 Å². The van der Waals surface area contributed by atoms with Crippen molar-refractivity contribution in [2.75, 3.05) is 11.1 Å². The van der Waals surface area contributed by atoms with Crippen LogP contribution in [0, 0.1) is 19.7 Å². The van der Waals surface area contributed by atoms with Gasteiger partial charge in [-0.2, -0.15) is 0 Å². The number of nitrogens with one attached hydrogen (secondary N) is 1. The van der Waals surface area contributed by atoms with Crippen molar-refractivity contribution >= 4 is 23.4 Å².